The molecule has 4 heteroatoms. The molecule has 2 aliphatic heterocycles. The Morgan fingerprint density at radius 1 is 0.500 bits per heavy atom. The van der Waals surface area contributed by atoms with Gasteiger partial charge in [-0.1, -0.05) is 132 Å². The molecular formula is C52H53BN2O. The maximum atomic E-state index is 7.06. The van der Waals surface area contributed by atoms with Gasteiger partial charge in [-0.3, -0.25) is 0 Å². The molecule has 0 atom stereocenters. The maximum Gasteiger partial charge on any atom is 0.333 e. The van der Waals surface area contributed by atoms with E-state index in [2.05, 4.69) is 196 Å². The van der Waals surface area contributed by atoms with Crippen molar-refractivity contribution in [3.8, 4) is 11.1 Å². The molecule has 0 saturated heterocycles. The maximum absolute atomic E-state index is 7.06. The van der Waals surface area contributed by atoms with E-state index in [1.165, 1.54) is 83.2 Å². The van der Waals surface area contributed by atoms with E-state index in [0.29, 0.717) is 0 Å². The summed E-state index contributed by atoms with van der Waals surface area (Å²) in [4.78, 5) is 2.55. The quantitative estimate of drug-likeness (QED) is 0.157. The Morgan fingerprint density at radius 3 is 1.79 bits per heavy atom. The van der Waals surface area contributed by atoms with Crippen LogP contribution in [0.1, 0.15) is 105 Å². The summed E-state index contributed by atoms with van der Waals surface area (Å²) in [5.74, 6) is 0. The molecular weight excluding hydrogens is 679 g/mol. The summed E-state index contributed by atoms with van der Waals surface area (Å²) in [7, 11) is 0. The molecule has 0 unspecified atom stereocenters. The van der Waals surface area contributed by atoms with Crippen molar-refractivity contribution in [1.82, 2.24) is 4.48 Å². The second kappa shape index (κ2) is 11.2. The van der Waals surface area contributed by atoms with Gasteiger partial charge in [-0.15, -0.1) is 0 Å². The Balaban J connectivity index is 1.43. The Bertz CT molecular complexity index is 2950. The van der Waals surface area contributed by atoms with Crippen molar-refractivity contribution in [2.24, 2.45) is 0 Å². The number of para-hydroxylation sites is 1. The van der Waals surface area contributed by atoms with Crippen molar-refractivity contribution in [2.75, 3.05) is 4.90 Å². The van der Waals surface area contributed by atoms with E-state index in [4.69, 9.17) is 4.42 Å². The molecule has 0 aliphatic carbocycles. The third-order valence-corrected chi connectivity index (χ3v) is 12.8. The van der Waals surface area contributed by atoms with Crippen LogP contribution in [-0.2, 0) is 21.7 Å². The second-order valence-corrected chi connectivity index (χ2v) is 20.7. The Hall–Kier alpha value is -5.22. The van der Waals surface area contributed by atoms with Crippen molar-refractivity contribution in [2.45, 2.75) is 105 Å². The summed E-state index contributed by atoms with van der Waals surface area (Å²) in [6.45, 7) is 27.8. The van der Waals surface area contributed by atoms with Crippen LogP contribution in [-0.4, -0.2) is 11.3 Å². The highest BCUT2D eigenvalue weighted by Crippen LogP contribution is 2.51. The first kappa shape index (κ1) is 35.2. The van der Waals surface area contributed by atoms with Crippen molar-refractivity contribution in [3.63, 3.8) is 0 Å². The molecule has 10 rings (SSSR count). The molecule has 0 saturated carbocycles. The number of fused-ring (bicyclic) bond motifs is 11. The molecule has 0 fully saturated rings. The Morgan fingerprint density at radius 2 is 1.11 bits per heavy atom. The van der Waals surface area contributed by atoms with Crippen LogP contribution in [0.25, 0.3) is 54.9 Å². The lowest BCUT2D eigenvalue weighted by molar-refractivity contribution is 0.590. The van der Waals surface area contributed by atoms with Crippen LogP contribution in [0.2, 0.25) is 0 Å². The van der Waals surface area contributed by atoms with Gasteiger partial charge >= 0.3 is 6.85 Å². The summed E-state index contributed by atoms with van der Waals surface area (Å²) >= 11 is 0. The van der Waals surface area contributed by atoms with E-state index in [1.807, 2.05) is 0 Å². The molecule has 3 nitrogen and oxygen atoms in total. The molecule has 0 spiro atoms. The molecule has 0 N–H and O–H groups in total. The molecule has 2 aromatic heterocycles. The van der Waals surface area contributed by atoms with Crippen LogP contribution < -0.4 is 15.8 Å². The van der Waals surface area contributed by atoms with Gasteiger partial charge in [-0.05, 0) is 109 Å². The zero-order valence-corrected chi connectivity index (χ0v) is 35.2. The molecule has 0 bridgehead atoms. The minimum atomic E-state index is -0.0616. The van der Waals surface area contributed by atoms with Crippen LogP contribution in [0.3, 0.4) is 0 Å². The molecule has 0 radical (unpaired) electrons. The van der Waals surface area contributed by atoms with E-state index in [9.17, 15) is 0 Å². The lowest BCUT2D eigenvalue weighted by Gasteiger charge is -2.41. The fraction of sp³-hybridized carbons (Fsp3) is 0.308. The van der Waals surface area contributed by atoms with E-state index >= 15 is 0 Å². The predicted molar refractivity (Wildman–Crippen MR) is 242 cm³/mol. The lowest BCUT2D eigenvalue weighted by atomic mass is 9.44. The highest BCUT2D eigenvalue weighted by atomic mass is 16.3. The van der Waals surface area contributed by atoms with Crippen LogP contribution in [0.5, 0.6) is 0 Å². The highest BCUT2D eigenvalue weighted by molar-refractivity contribution is 6.90. The minimum absolute atomic E-state index is 0.0198. The average molecular weight is 733 g/mol. The van der Waals surface area contributed by atoms with Crippen molar-refractivity contribution < 1.29 is 4.42 Å². The normalized spacial score (nSPS) is 14.4. The lowest BCUT2D eigenvalue weighted by Crippen LogP contribution is -2.57. The highest BCUT2D eigenvalue weighted by Gasteiger charge is 2.45. The summed E-state index contributed by atoms with van der Waals surface area (Å²) in [5.41, 5.74) is 18.6. The van der Waals surface area contributed by atoms with E-state index in [0.717, 1.165) is 21.9 Å². The molecule has 6 aromatic carbocycles. The molecule has 56 heavy (non-hydrogen) atoms. The van der Waals surface area contributed by atoms with E-state index < -0.39 is 0 Å². The number of hydrogen-bond donors (Lipinski definition) is 0. The fourth-order valence-electron chi connectivity index (χ4n) is 9.51. The van der Waals surface area contributed by atoms with Crippen LogP contribution >= 0.6 is 0 Å². The standard InChI is InChI=1S/C52H53BN2O/c1-49(2,3)30-17-21-34(22-18-30)54-42-24-20-32(51(7,8)9)28-40(42)53-46-43(54)29-38-35-15-13-14-16-44(35)56-48(38)45(46)39-27-33(52(10,11)12)26-37-36-25-31(50(4,5)6)19-23-41(36)55(53)47(37)39/h13-29H,1-12H3. The summed E-state index contributed by atoms with van der Waals surface area (Å²) < 4.78 is 9.76. The van der Waals surface area contributed by atoms with Gasteiger partial charge < -0.3 is 13.8 Å². The predicted octanol–water partition coefficient (Wildman–Crippen LogP) is 13.3. The number of nitrogens with zero attached hydrogens (tertiary/aromatic N) is 2. The van der Waals surface area contributed by atoms with Gasteiger partial charge in [-0.2, -0.15) is 0 Å². The van der Waals surface area contributed by atoms with Crippen molar-refractivity contribution in [1.29, 1.82) is 0 Å². The zero-order chi connectivity index (χ0) is 39.4. The van der Waals surface area contributed by atoms with Gasteiger partial charge in [0.15, 0.2) is 0 Å². The average Bonchev–Trinajstić information content (AvgIpc) is 3.67. The second-order valence-electron chi connectivity index (χ2n) is 20.7. The third kappa shape index (κ3) is 4.97. The Labute approximate surface area is 332 Å². The molecule has 2 aliphatic rings. The number of hydrogen-bond acceptors (Lipinski definition) is 2. The SMILES string of the molecule is CC(C)(C)c1ccc(N2c3ccc(C(C)(C)C)cc3B3c4c2cc2c(oc5ccccc52)c4-c2cc(C(C)(C)C)cc4c5cc(C(C)(C)C)ccc5n3c24)cc1. The third-order valence-electron chi connectivity index (χ3n) is 12.8. The van der Waals surface area contributed by atoms with Crippen LogP contribution in [0, 0.1) is 0 Å². The van der Waals surface area contributed by atoms with E-state index in [1.54, 1.807) is 0 Å². The van der Waals surface area contributed by atoms with Gasteiger partial charge in [0.1, 0.15) is 11.2 Å². The van der Waals surface area contributed by atoms with Gasteiger partial charge in [0.25, 0.3) is 0 Å². The van der Waals surface area contributed by atoms with Crippen LogP contribution in [0.4, 0.5) is 17.1 Å². The van der Waals surface area contributed by atoms with Gasteiger partial charge in [0.2, 0.25) is 0 Å². The first-order chi connectivity index (χ1) is 26.3. The monoisotopic (exact) mass is 732 g/mol. The molecule has 280 valence electrons. The smallest absolute Gasteiger partial charge is 0.333 e. The zero-order valence-electron chi connectivity index (χ0n) is 35.2. The Kier molecular flexibility index (Phi) is 7.05. The minimum Gasteiger partial charge on any atom is -0.455 e. The number of benzene rings is 6. The van der Waals surface area contributed by atoms with Gasteiger partial charge in [-0.25, -0.2) is 0 Å². The van der Waals surface area contributed by atoms with Gasteiger partial charge in [0, 0.05) is 60.8 Å². The molecule has 4 heterocycles. The molecule has 0 amide bonds. The first-order valence-electron chi connectivity index (χ1n) is 20.5. The van der Waals surface area contributed by atoms with E-state index in [-0.39, 0.29) is 28.5 Å². The first-order valence-corrected chi connectivity index (χ1v) is 20.5. The topological polar surface area (TPSA) is 21.3 Å². The largest absolute Gasteiger partial charge is 0.455 e. The fourth-order valence-corrected chi connectivity index (χ4v) is 9.51. The van der Waals surface area contributed by atoms with Crippen molar-refractivity contribution >= 4 is 78.6 Å². The van der Waals surface area contributed by atoms with Crippen molar-refractivity contribution in [3.05, 3.63) is 125 Å². The molecule has 8 aromatic rings. The van der Waals surface area contributed by atoms with Gasteiger partial charge in [0.05, 0.1) is 0 Å². The number of furan rings is 1. The van der Waals surface area contributed by atoms with Crippen LogP contribution in [0.15, 0.2) is 108 Å². The summed E-state index contributed by atoms with van der Waals surface area (Å²) in [6.07, 6.45) is 0. The number of aromatic nitrogens is 1. The summed E-state index contributed by atoms with van der Waals surface area (Å²) in [5, 5.41) is 4.96. The summed E-state index contributed by atoms with van der Waals surface area (Å²) in [6, 6.07) is 39.8. The number of anilines is 3. The number of rotatable bonds is 1.